The summed E-state index contributed by atoms with van der Waals surface area (Å²) >= 11 is 5.37. The molecule has 32 heavy (non-hydrogen) atoms. The molecule has 2 atom stereocenters. The van der Waals surface area contributed by atoms with Gasteiger partial charge in [0.1, 0.15) is 0 Å². The predicted octanol–water partition coefficient (Wildman–Crippen LogP) is 3.11. The first kappa shape index (κ1) is 20.6. The highest BCUT2D eigenvalue weighted by Gasteiger charge is 2.63. The van der Waals surface area contributed by atoms with Crippen molar-refractivity contribution in [1.29, 1.82) is 0 Å². The third-order valence-corrected chi connectivity index (χ3v) is 6.94. The average Bonchev–Trinajstić information content (AvgIpc) is 3.61. The number of non-ortho nitro benzene ring substituents is 1. The summed E-state index contributed by atoms with van der Waals surface area (Å²) in [5.74, 6) is -0.771. The van der Waals surface area contributed by atoms with Crippen molar-refractivity contribution < 1.29 is 14.5 Å². The Kier molecular flexibility index (Phi) is 4.74. The molecule has 2 aromatic carbocycles. The van der Waals surface area contributed by atoms with Crippen LogP contribution < -0.4 is 10.2 Å². The lowest BCUT2D eigenvalue weighted by atomic mass is 9.66. The minimum absolute atomic E-state index is 0.00881. The highest BCUT2D eigenvalue weighted by molar-refractivity contribution is 7.80. The summed E-state index contributed by atoms with van der Waals surface area (Å²) in [6.45, 7) is 2.47. The van der Waals surface area contributed by atoms with E-state index in [9.17, 15) is 19.7 Å². The molecule has 2 amide bonds. The molecule has 1 saturated heterocycles. The number of carbonyl (C=O) groups is 2. The second kappa shape index (κ2) is 7.37. The summed E-state index contributed by atoms with van der Waals surface area (Å²) in [6, 6.07) is 13.6. The van der Waals surface area contributed by atoms with Crippen LogP contribution in [-0.2, 0) is 16.0 Å². The summed E-state index contributed by atoms with van der Waals surface area (Å²) in [7, 11) is 0. The zero-order valence-electron chi connectivity index (χ0n) is 17.5. The lowest BCUT2D eigenvalue weighted by molar-refractivity contribution is -0.384. The van der Waals surface area contributed by atoms with Crippen LogP contribution in [0.4, 0.5) is 11.4 Å². The van der Waals surface area contributed by atoms with Crippen molar-refractivity contribution in [2.24, 2.45) is 5.41 Å². The van der Waals surface area contributed by atoms with E-state index in [1.165, 1.54) is 12.1 Å². The van der Waals surface area contributed by atoms with Crippen LogP contribution in [0.1, 0.15) is 36.9 Å². The molecule has 0 radical (unpaired) electrons. The number of nitrogens with zero attached hydrogens (tertiary/aromatic N) is 3. The maximum absolute atomic E-state index is 14.1. The predicted molar refractivity (Wildman–Crippen MR) is 122 cm³/mol. The fourth-order valence-electron chi connectivity index (χ4n) is 5.10. The molecule has 9 heteroatoms. The second-order valence-electron chi connectivity index (χ2n) is 8.48. The van der Waals surface area contributed by atoms with Gasteiger partial charge in [-0.25, -0.2) is 0 Å². The molecule has 2 fully saturated rings. The van der Waals surface area contributed by atoms with E-state index in [1.54, 1.807) is 11.0 Å². The molecular formula is C23H22N4O4S. The smallest absolute Gasteiger partial charge is 0.269 e. The van der Waals surface area contributed by atoms with Crippen LogP contribution in [0, 0.1) is 15.5 Å². The van der Waals surface area contributed by atoms with Crippen LogP contribution in [0.15, 0.2) is 48.5 Å². The van der Waals surface area contributed by atoms with Crippen LogP contribution >= 0.6 is 12.2 Å². The number of fused-ring (bicyclic) bond motifs is 1. The minimum Gasteiger partial charge on any atom is -0.363 e. The van der Waals surface area contributed by atoms with Gasteiger partial charge >= 0.3 is 0 Å². The second-order valence-corrected chi connectivity index (χ2v) is 8.87. The number of nitro benzene ring substituents is 1. The van der Waals surface area contributed by atoms with Crippen molar-refractivity contribution in [2.75, 3.05) is 11.4 Å². The zero-order chi connectivity index (χ0) is 22.6. The quantitative estimate of drug-likeness (QED) is 0.333. The van der Waals surface area contributed by atoms with Crippen LogP contribution in [0.25, 0.3) is 0 Å². The van der Waals surface area contributed by atoms with Gasteiger partial charge in [-0.05, 0) is 49.2 Å². The first-order valence-electron chi connectivity index (χ1n) is 10.7. The van der Waals surface area contributed by atoms with E-state index in [0.29, 0.717) is 12.1 Å². The Balaban J connectivity index is 1.75. The van der Waals surface area contributed by atoms with Crippen LogP contribution in [-0.4, -0.2) is 39.3 Å². The number of hydrogen-bond donors (Lipinski definition) is 1. The first-order chi connectivity index (χ1) is 15.4. The molecule has 1 aliphatic carbocycles. The van der Waals surface area contributed by atoms with Crippen molar-refractivity contribution in [3.8, 4) is 0 Å². The van der Waals surface area contributed by atoms with E-state index in [1.807, 2.05) is 42.2 Å². The molecule has 1 saturated carbocycles. The average molecular weight is 451 g/mol. The van der Waals surface area contributed by atoms with Crippen molar-refractivity contribution in [3.63, 3.8) is 0 Å². The molecule has 2 aliphatic heterocycles. The minimum atomic E-state index is -1.48. The number of nitrogens with one attached hydrogen (secondary N) is 1. The number of benzene rings is 2. The van der Waals surface area contributed by atoms with Crippen LogP contribution in [0.5, 0.6) is 0 Å². The number of amides is 2. The third-order valence-electron chi connectivity index (χ3n) is 6.64. The van der Waals surface area contributed by atoms with E-state index in [2.05, 4.69) is 5.32 Å². The molecule has 5 rings (SSSR count). The lowest BCUT2D eigenvalue weighted by Gasteiger charge is -2.52. The summed E-state index contributed by atoms with van der Waals surface area (Å²) in [6.07, 6.45) is 1.75. The summed E-state index contributed by atoms with van der Waals surface area (Å²) in [4.78, 5) is 42.3. The van der Waals surface area contributed by atoms with E-state index >= 15 is 0 Å². The molecule has 3 aliphatic rings. The van der Waals surface area contributed by atoms with Gasteiger partial charge < -0.3 is 10.2 Å². The standard InChI is InChI=1S/C23H22N4O4S/c1-2-25-18-11-10-17(27(30)31)12-15(18)13-23(19(25)14-6-4-3-5-7-14)20(28)24-22(32)26(21(23)29)16-8-9-16/h3-7,10-12,16,19H,2,8-9,13H2,1H3,(H,24,28,32). The number of hydrogen-bond acceptors (Lipinski definition) is 6. The molecule has 2 heterocycles. The highest BCUT2D eigenvalue weighted by Crippen LogP contribution is 2.53. The van der Waals surface area contributed by atoms with Crippen molar-refractivity contribution >= 4 is 40.5 Å². The van der Waals surface area contributed by atoms with Gasteiger partial charge in [0.25, 0.3) is 5.69 Å². The molecule has 0 aromatic heterocycles. The number of carbonyl (C=O) groups excluding carboxylic acids is 2. The Labute approximate surface area is 190 Å². The van der Waals surface area contributed by atoms with Gasteiger partial charge in [0.05, 0.1) is 11.0 Å². The molecule has 2 aromatic rings. The molecule has 1 N–H and O–H groups in total. The number of thiocarbonyl (C=S) groups is 1. The summed E-state index contributed by atoms with van der Waals surface area (Å²) in [5, 5.41) is 14.4. The van der Waals surface area contributed by atoms with Crippen LogP contribution in [0.3, 0.4) is 0 Å². The molecule has 1 spiro atoms. The van der Waals surface area contributed by atoms with Gasteiger partial charge in [0, 0.05) is 36.8 Å². The maximum atomic E-state index is 14.1. The van der Waals surface area contributed by atoms with Gasteiger partial charge in [-0.3, -0.25) is 24.6 Å². The van der Waals surface area contributed by atoms with Gasteiger partial charge in [-0.2, -0.15) is 0 Å². The molecular weight excluding hydrogens is 428 g/mol. The summed E-state index contributed by atoms with van der Waals surface area (Å²) in [5.41, 5.74) is 0.700. The fraction of sp³-hybridized carbons (Fsp3) is 0.348. The van der Waals surface area contributed by atoms with E-state index in [4.69, 9.17) is 12.2 Å². The van der Waals surface area contributed by atoms with Crippen molar-refractivity contribution in [1.82, 2.24) is 10.2 Å². The topological polar surface area (TPSA) is 95.8 Å². The van der Waals surface area contributed by atoms with Gasteiger partial charge in [0.2, 0.25) is 11.8 Å². The van der Waals surface area contributed by atoms with Gasteiger partial charge in [-0.15, -0.1) is 0 Å². The van der Waals surface area contributed by atoms with E-state index in [0.717, 1.165) is 24.1 Å². The van der Waals surface area contributed by atoms with E-state index < -0.39 is 22.3 Å². The van der Waals surface area contributed by atoms with Crippen molar-refractivity contribution in [3.05, 3.63) is 69.8 Å². The number of anilines is 1. The Morgan fingerprint density at radius 1 is 1.19 bits per heavy atom. The van der Waals surface area contributed by atoms with Crippen LogP contribution in [0.2, 0.25) is 0 Å². The fourth-order valence-corrected chi connectivity index (χ4v) is 5.42. The Hall–Kier alpha value is -3.33. The molecule has 164 valence electrons. The Bertz CT molecular complexity index is 1150. The first-order valence-corrected chi connectivity index (χ1v) is 11.1. The normalized spacial score (nSPS) is 25.0. The van der Waals surface area contributed by atoms with Gasteiger partial charge in [-0.1, -0.05) is 30.3 Å². The third kappa shape index (κ3) is 2.91. The maximum Gasteiger partial charge on any atom is 0.269 e. The molecule has 8 nitrogen and oxygen atoms in total. The Morgan fingerprint density at radius 2 is 1.91 bits per heavy atom. The lowest BCUT2D eigenvalue weighted by Crippen LogP contribution is -2.69. The van der Waals surface area contributed by atoms with Gasteiger partial charge in [0.15, 0.2) is 10.5 Å². The molecule has 2 unspecified atom stereocenters. The van der Waals surface area contributed by atoms with E-state index in [-0.39, 0.29) is 29.2 Å². The number of nitro groups is 1. The molecule has 0 bridgehead atoms. The largest absolute Gasteiger partial charge is 0.363 e. The summed E-state index contributed by atoms with van der Waals surface area (Å²) < 4.78 is 0. The monoisotopic (exact) mass is 450 g/mol. The number of rotatable bonds is 4. The van der Waals surface area contributed by atoms with Crippen molar-refractivity contribution in [2.45, 2.75) is 38.3 Å². The highest BCUT2D eigenvalue weighted by atomic mass is 32.1. The Morgan fingerprint density at radius 3 is 2.53 bits per heavy atom. The zero-order valence-corrected chi connectivity index (χ0v) is 18.3. The SMILES string of the molecule is CCN1c2ccc([N+](=O)[O-])cc2CC2(C(=O)NC(=S)N(C3CC3)C2=O)C1c1ccccc1.